The number of nitrogens with zero attached hydrogens (tertiary/aromatic N) is 2. The van der Waals surface area contributed by atoms with Crippen molar-refractivity contribution in [3.63, 3.8) is 0 Å². The van der Waals surface area contributed by atoms with Crippen LogP contribution < -0.4 is 21.2 Å². The highest BCUT2D eigenvalue weighted by molar-refractivity contribution is 7.95. The molecule has 3 aromatic carbocycles. The normalized spacial score (nSPS) is 36.3. The minimum atomic E-state index is -1.96. The SMILES string of the molecule is CC[C@H]1OC(=O)[C@H](C)[C@@H](O[C@H]2C[C@@](C)(OC)[C@@H](O)[C@H](C)O2)[C@H](C)[C@@H](O[C@@H]2O[C@H](C)C[C@H](N(C)C)[C@H]2O)[C@](C)(O)C[C@@H](C)CN(C)[C@H](C)[C@@H](OC(=O)NCCCCCC[P+](c2ccccc2)(c2ccccc2)c2ccccc2)[C@]1(C)O. The molecule has 16 nitrogen and oxygen atoms in total. The Morgan fingerprint density at radius 2 is 1.36 bits per heavy atom. The number of hydrogen-bond donors (Lipinski definition) is 5. The van der Waals surface area contributed by atoms with Crippen molar-refractivity contribution in [2.45, 2.75) is 211 Å². The van der Waals surface area contributed by atoms with Gasteiger partial charge in [0, 0.05) is 44.6 Å². The number of aliphatic hydroxyl groups is 4. The fraction of sp³-hybridized carbons (Fsp3) is 0.683. The first-order valence-electron chi connectivity index (χ1n) is 29.4. The van der Waals surface area contributed by atoms with E-state index in [4.69, 9.17) is 33.2 Å². The van der Waals surface area contributed by atoms with Gasteiger partial charge in [0.1, 0.15) is 47.1 Å². The second kappa shape index (κ2) is 28.8. The number of ether oxygens (including phenoxy) is 7. The maximum Gasteiger partial charge on any atom is 0.407 e. The summed E-state index contributed by atoms with van der Waals surface area (Å²) in [6.45, 7) is 18.6. The van der Waals surface area contributed by atoms with Gasteiger partial charge >= 0.3 is 12.1 Å². The van der Waals surface area contributed by atoms with Crippen LogP contribution in [0.3, 0.4) is 0 Å². The lowest BCUT2D eigenvalue weighted by Gasteiger charge is -2.48. The smallest absolute Gasteiger partial charge is 0.407 e. The third-order valence-corrected chi connectivity index (χ3v) is 22.2. The van der Waals surface area contributed by atoms with Crippen LogP contribution in [0.1, 0.15) is 121 Å². The lowest BCUT2D eigenvalue weighted by Crippen LogP contribution is -2.61. The summed E-state index contributed by atoms with van der Waals surface area (Å²) in [6.07, 6.45) is -4.90. The minimum absolute atomic E-state index is 0.100. The highest BCUT2D eigenvalue weighted by atomic mass is 31.2. The van der Waals surface area contributed by atoms with E-state index in [0.29, 0.717) is 25.9 Å². The molecule has 3 saturated heterocycles. The van der Waals surface area contributed by atoms with Crippen molar-refractivity contribution < 1.29 is 63.2 Å². The molecule has 0 bridgehead atoms. The van der Waals surface area contributed by atoms with Gasteiger partial charge in [-0.2, -0.15) is 0 Å². The van der Waals surface area contributed by atoms with Crippen LogP contribution >= 0.6 is 7.26 Å². The number of carbonyl (C=O) groups is 2. The fourth-order valence-corrected chi connectivity index (χ4v) is 17.4. The molecular formula is C63H99N3O13P+. The number of methoxy groups -OCH3 is 1. The van der Waals surface area contributed by atoms with E-state index < -0.39 is 109 Å². The minimum Gasteiger partial charge on any atom is -0.459 e. The van der Waals surface area contributed by atoms with Crippen molar-refractivity contribution in [2.75, 3.05) is 47.5 Å². The highest BCUT2D eigenvalue weighted by Crippen LogP contribution is 2.56. The summed E-state index contributed by atoms with van der Waals surface area (Å²) in [5, 5.41) is 55.7. The molecule has 5 N–H and O–H groups in total. The lowest BCUT2D eigenvalue weighted by molar-refractivity contribution is -0.318. The molecule has 80 heavy (non-hydrogen) atoms. The Morgan fingerprint density at radius 1 is 0.800 bits per heavy atom. The van der Waals surface area contributed by atoms with E-state index in [1.165, 1.54) is 23.0 Å². The van der Waals surface area contributed by atoms with Gasteiger partial charge in [-0.1, -0.05) is 81.8 Å². The number of unbranched alkanes of at least 4 members (excludes halogenated alkanes) is 3. The molecule has 0 aromatic heterocycles. The number of aliphatic hydroxyl groups excluding tert-OH is 2. The number of alkyl carbamates (subject to hydrolysis) is 1. The van der Waals surface area contributed by atoms with E-state index in [0.717, 1.165) is 25.4 Å². The second-order valence-electron chi connectivity index (χ2n) is 24.4. The summed E-state index contributed by atoms with van der Waals surface area (Å²) in [5.74, 6) is -2.83. The topological polar surface area (TPSA) is 198 Å². The lowest BCUT2D eigenvalue weighted by atomic mass is 9.77. The van der Waals surface area contributed by atoms with E-state index in [2.05, 4.69) is 96.3 Å². The van der Waals surface area contributed by atoms with Gasteiger partial charge in [-0.3, -0.25) is 9.69 Å². The Morgan fingerprint density at radius 3 is 1.90 bits per heavy atom. The molecule has 18 atom stereocenters. The number of amides is 1. The predicted molar refractivity (Wildman–Crippen MR) is 315 cm³/mol. The number of carbonyl (C=O) groups excluding carboxylic acids is 2. The van der Waals surface area contributed by atoms with Gasteiger partial charge in [0.15, 0.2) is 18.7 Å². The maximum atomic E-state index is 14.9. The standard InChI is InChI=1S/C63H98N3O13P/c1-15-51-63(10,72)57(79-60(70)64-35-27-16-17-28-36-80(47-29-21-18-22-30-47,48-31-23-19-24-32-48)49-33-25-20-26-34-49)45(6)66(13)40-41(2)38-61(8,71)56(78-59-53(67)50(65(11)12)37-42(3)74-59)43(4)54(44(5)58(69)76-51)77-52-39-62(9,73-14)55(68)46(7)75-52/h18-26,29-34,41-46,50-57,59,67-68,71-72H,15-17,27-28,35-40H2,1-14H3/p+1/t41-,42-,43+,44-,45-,46+,50+,51-,52+,53-,54+,55+,56-,57-,59+,61-,62-,63-/m1/s1. The van der Waals surface area contributed by atoms with Gasteiger partial charge < -0.3 is 63.8 Å². The average molecular weight is 1140 g/mol. The van der Waals surface area contributed by atoms with Crippen molar-refractivity contribution in [1.29, 1.82) is 0 Å². The zero-order valence-corrected chi connectivity index (χ0v) is 51.3. The van der Waals surface area contributed by atoms with Crippen LogP contribution in [0.2, 0.25) is 0 Å². The van der Waals surface area contributed by atoms with Crippen molar-refractivity contribution >= 4 is 35.2 Å². The third kappa shape index (κ3) is 15.6. The molecule has 3 aromatic rings. The van der Waals surface area contributed by atoms with Gasteiger partial charge in [-0.25, -0.2) is 4.79 Å². The van der Waals surface area contributed by atoms with Crippen molar-refractivity contribution in [2.24, 2.45) is 17.8 Å². The Labute approximate surface area is 478 Å². The van der Waals surface area contributed by atoms with Gasteiger partial charge in [0.05, 0.1) is 47.7 Å². The van der Waals surface area contributed by atoms with Crippen molar-refractivity contribution in [1.82, 2.24) is 15.1 Å². The number of nitrogens with one attached hydrogen (secondary N) is 1. The number of hydrogen-bond acceptors (Lipinski definition) is 15. The molecule has 0 saturated carbocycles. The summed E-state index contributed by atoms with van der Waals surface area (Å²) in [6, 6.07) is 31.7. The van der Waals surface area contributed by atoms with Gasteiger partial charge in [0.2, 0.25) is 0 Å². The van der Waals surface area contributed by atoms with Crippen molar-refractivity contribution in [3.05, 3.63) is 91.0 Å². The van der Waals surface area contributed by atoms with E-state index in [-0.39, 0.29) is 37.3 Å². The average Bonchev–Trinajstić information content (AvgIpc) is 3.43. The van der Waals surface area contributed by atoms with Gasteiger partial charge in [-0.05, 0) is 150 Å². The highest BCUT2D eigenvalue weighted by Gasteiger charge is 2.54. The van der Waals surface area contributed by atoms with E-state index in [1.807, 2.05) is 58.6 Å². The molecule has 0 spiro atoms. The largest absolute Gasteiger partial charge is 0.459 e. The van der Waals surface area contributed by atoms with Crippen molar-refractivity contribution in [3.8, 4) is 0 Å². The van der Waals surface area contributed by atoms with Crippen LogP contribution in [0.15, 0.2) is 91.0 Å². The number of esters is 1. The maximum absolute atomic E-state index is 14.9. The second-order valence-corrected chi connectivity index (χ2v) is 28.0. The van der Waals surface area contributed by atoms with E-state index in [9.17, 15) is 30.0 Å². The molecule has 6 rings (SSSR count). The molecular weight excluding hydrogens is 1040 g/mol. The number of benzene rings is 3. The fourth-order valence-electron chi connectivity index (χ4n) is 13.0. The van der Waals surface area contributed by atoms with Crippen LogP contribution in [0.4, 0.5) is 4.79 Å². The summed E-state index contributed by atoms with van der Waals surface area (Å²) < 4.78 is 44.8. The predicted octanol–water partition coefficient (Wildman–Crippen LogP) is 7.19. The summed E-state index contributed by atoms with van der Waals surface area (Å²) in [5.41, 5.74) is -4.61. The van der Waals surface area contributed by atoms with Crippen LogP contribution in [0.25, 0.3) is 0 Å². The molecule has 0 radical (unpaired) electrons. The molecule has 1 amide bonds. The Bertz CT molecular complexity index is 2260. The summed E-state index contributed by atoms with van der Waals surface area (Å²) in [7, 11) is 5.21. The number of likely N-dealkylation sites (N-methyl/N-ethyl adjacent to an activating group) is 2. The van der Waals surface area contributed by atoms with Crippen LogP contribution in [0.5, 0.6) is 0 Å². The van der Waals surface area contributed by atoms with Gasteiger partial charge in [0.25, 0.3) is 0 Å². The number of rotatable bonds is 18. The summed E-state index contributed by atoms with van der Waals surface area (Å²) >= 11 is 0. The molecule has 3 aliphatic heterocycles. The third-order valence-electron chi connectivity index (χ3n) is 17.7. The molecule has 0 aliphatic carbocycles. The Balaban J connectivity index is 1.23. The first kappa shape index (κ1) is 65.5. The number of cyclic esters (lactones) is 1. The molecule has 3 aliphatic rings. The zero-order valence-electron chi connectivity index (χ0n) is 50.4. The van der Waals surface area contributed by atoms with Gasteiger partial charge in [-0.15, -0.1) is 0 Å². The van der Waals surface area contributed by atoms with Crippen LogP contribution in [-0.4, -0.2) is 180 Å². The molecule has 17 heteroatoms. The first-order valence-corrected chi connectivity index (χ1v) is 31.3. The summed E-state index contributed by atoms with van der Waals surface area (Å²) in [4.78, 5) is 32.8. The molecule has 3 heterocycles. The van der Waals surface area contributed by atoms with Crippen LogP contribution in [0, 0.1) is 17.8 Å². The molecule has 3 fully saturated rings. The Hall–Kier alpha value is -3.61. The Kier molecular flexibility index (Phi) is 23.6. The molecule has 448 valence electrons. The quantitative estimate of drug-likeness (QED) is 0.0487. The zero-order chi connectivity index (χ0) is 58.7. The van der Waals surface area contributed by atoms with Crippen LogP contribution in [-0.2, 0) is 38.0 Å². The molecule has 0 unspecified atom stereocenters. The first-order chi connectivity index (χ1) is 37.8. The monoisotopic (exact) mass is 1140 g/mol. The van der Waals surface area contributed by atoms with E-state index >= 15 is 0 Å². The van der Waals surface area contributed by atoms with E-state index in [1.54, 1.807) is 41.5 Å².